The van der Waals surface area contributed by atoms with E-state index in [9.17, 15) is 18.0 Å². The van der Waals surface area contributed by atoms with Gasteiger partial charge in [-0.1, -0.05) is 36.8 Å². The van der Waals surface area contributed by atoms with Gasteiger partial charge in [0.05, 0.1) is 11.9 Å². The molecule has 0 bridgehead atoms. The van der Waals surface area contributed by atoms with Crippen LogP contribution in [0.2, 0.25) is 0 Å². The van der Waals surface area contributed by atoms with E-state index in [0.717, 1.165) is 31.7 Å². The molecule has 0 aliphatic heterocycles. The molecule has 2 aromatic rings. The summed E-state index contributed by atoms with van der Waals surface area (Å²) in [6.45, 7) is 5.89. The molecule has 2 amide bonds. The maximum absolute atomic E-state index is 13.4. The number of amides is 2. The Balaban J connectivity index is 2.34. The minimum Gasteiger partial charge on any atom is -0.354 e. The van der Waals surface area contributed by atoms with Gasteiger partial charge in [0, 0.05) is 16.7 Å². The fourth-order valence-corrected chi connectivity index (χ4v) is 4.30. The molecule has 0 spiro atoms. The van der Waals surface area contributed by atoms with Crippen LogP contribution < -0.4 is 9.62 Å². The topological polar surface area (TPSA) is 86.8 Å². The minimum atomic E-state index is -3.72. The number of nitrogens with one attached hydrogen (secondary N) is 1. The fraction of sp³-hybridized carbons (Fsp3) is 0.391. The Labute approximate surface area is 204 Å². The van der Waals surface area contributed by atoms with Crippen LogP contribution in [0.4, 0.5) is 5.69 Å². The largest absolute Gasteiger partial charge is 0.354 e. The van der Waals surface area contributed by atoms with Crippen molar-refractivity contribution < 1.29 is 18.0 Å². The van der Waals surface area contributed by atoms with E-state index < -0.39 is 28.5 Å². The number of anilines is 1. The smallest absolute Gasteiger partial charge is 0.244 e. The summed E-state index contributed by atoms with van der Waals surface area (Å²) in [5.74, 6) is -0.721. The first-order valence-electron chi connectivity index (χ1n) is 10.4. The maximum atomic E-state index is 13.4. The van der Waals surface area contributed by atoms with Gasteiger partial charge in [0.25, 0.3) is 0 Å². The molecule has 2 rings (SSSR count). The molecule has 0 aromatic heterocycles. The highest BCUT2D eigenvalue weighted by atomic mass is 127. The van der Waals surface area contributed by atoms with Gasteiger partial charge in [0.2, 0.25) is 21.8 Å². The second-order valence-electron chi connectivity index (χ2n) is 7.72. The van der Waals surface area contributed by atoms with Gasteiger partial charge in [-0.2, -0.15) is 0 Å². The highest BCUT2D eigenvalue weighted by molar-refractivity contribution is 14.1. The van der Waals surface area contributed by atoms with Gasteiger partial charge in [-0.05, 0) is 72.7 Å². The van der Waals surface area contributed by atoms with E-state index in [4.69, 9.17) is 0 Å². The molecule has 1 atom stereocenters. The number of sulfonamides is 1. The zero-order valence-electron chi connectivity index (χ0n) is 18.8. The lowest BCUT2D eigenvalue weighted by molar-refractivity contribution is -0.139. The molecule has 0 radical (unpaired) electrons. The molecule has 0 fully saturated rings. The predicted octanol–water partition coefficient (Wildman–Crippen LogP) is 3.31. The highest BCUT2D eigenvalue weighted by Gasteiger charge is 2.29. The number of carbonyl (C=O) groups is 2. The van der Waals surface area contributed by atoms with E-state index in [2.05, 4.69) is 27.9 Å². The summed E-state index contributed by atoms with van der Waals surface area (Å²) >= 11 is 2.13. The van der Waals surface area contributed by atoms with Crippen molar-refractivity contribution in [3.63, 3.8) is 0 Å². The first-order valence-corrected chi connectivity index (χ1v) is 13.3. The minimum absolute atomic E-state index is 0.199. The first kappa shape index (κ1) is 26.1. The number of rotatable bonds is 10. The zero-order valence-corrected chi connectivity index (χ0v) is 21.8. The molecular weight excluding hydrogens is 541 g/mol. The molecule has 0 aliphatic rings. The number of halogens is 1. The molecule has 174 valence electrons. The van der Waals surface area contributed by atoms with Crippen LogP contribution in [0.5, 0.6) is 0 Å². The van der Waals surface area contributed by atoms with E-state index in [1.807, 2.05) is 38.1 Å². The molecule has 1 N–H and O–H groups in total. The quantitative estimate of drug-likeness (QED) is 0.444. The molecule has 0 aliphatic carbocycles. The first-order chi connectivity index (χ1) is 15.0. The third kappa shape index (κ3) is 7.47. The van der Waals surface area contributed by atoms with Gasteiger partial charge in [0.1, 0.15) is 12.6 Å². The Morgan fingerprint density at radius 1 is 1.06 bits per heavy atom. The number of nitrogens with zero attached hydrogens (tertiary/aromatic N) is 2. The van der Waals surface area contributed by atoms with Crippen molar-refractivity contribution in [1.82, 2.24) is 10.2 Å². The van der Waals surface area contributed by atoms with Crippen LogP contribution in [0.15, 0.2) is 48.5 Å². The SMILES string of the molecule is CCCNC(=O)[C@@H](C)N(Cc1ccc(C)cc1)C(=O)CN(c1ccc(I)cc1)S(C)(=O)=O. The summed E-state index contributed by atoms with van der Waals surface area (Å²) in [4.78, 5) is 27.4. The number of hydrogen-bond acceptors (Lipinski definition) is 4. The van der Waals surface area contributed by atoms with Gasteiger partial charge in [-0.15, -0.1) is 0 Å². The van der Waals surface area contributed by atoms with Crippen LogP contribution in [-0.2, 0) is 26.2 Å². The average Bonchev–Trinajstić information content (AvgIpc) is 2.74. The van der Waals surface area contributed by atoms with Crippen molar-refractivity contribution in [2.75, 3.05) is 23.7 Å². The molecule has 0 saturated carbocycles. The number of carbonyl (C=O) groups excluding carboxylic acids is 2. The lowest BCUT2D eigenvalue weighted by Crippen LogP contribution is -2.51. The molecule has 7 nitrogen and oxygen atoms in total. The monoisotopic (exact) mass is 571 g/mol. The van der Waals surface area contributed by atoms with Crippen LogP contribution in [0.3, 0.4) is 0 Å². The van der Waals surface area contributed by atoms with E-state index in [-0.39, 0.29) is 12.5 Å². The van der Waals surface area contributed by atoms with Gasteiger partial charge >= 0.3 is 0 Å². The van der Waals surface area contributed by atoms with Gasteiger partial charge in [-0.25, -0.2) is 8.42 Å². The van der Waals surface area contributed by atoms with E-state index >= 15 is 0 Å². The van der Waals surface area contributed by atoms with Crippen molar-refractivity contribution in [3.05, 3.63) is 63.2 Å². The fourth-order valence-electron chi connectivity index (χ4n) is 3.09. The van der Waals surface area contributed by atoms with Crippen molar-refractivity contribution in [2.45, 2.75) is 39.8 Å². The Hall–Kier alpha value is -2.14. The Kier molecular flexibility index (Phi) is 9.50. The lowest BCUT2D eigenvalue weighted by atomic mass is 10.1. The Bertz CT molecular complexity index is 1020. The summed E-state index contributed by atoms with van der Waals surface area (Å²) < 4.78 is 27.0. The zero-order chi connectivity index (χ0) is 23.9. The van der Waals surface area contributed by atoms with Crippen molar-refractivity contribution in [3.8, 4) is 0 Å². The van der Waals surface area contributed by atoms with Crippen molar-refractivity contribution >= 4 is 50.1 Å². The number of aryl methyl sites for hydroxylation is 1. The number of hydrogen-bond donors (Lipinski definition) is 1. The highest BCUT2D eigenvalue weighted by Crippen LogP contribution is 2.20. The van der Waals surface area contributed by atoms with Crippen molar-refractivity contribution in [1.29, 1.82) is 0 Å². The molecular formula is C23H30IN3O4S. The molecule has 2 aromatic carbocycles. The third-order valence-corrected chi connectivity index (χ3v) is 6.84. The van der Waals surface area contributed by atoms with Gasteiger partial charge < -0.3 is 10.2 Å². The van der Waals surface area contributed by atoms with Crippen LogP contribution >= 0.6 is 22.6 Å². The van der Waals surface area contributed by atoms with Crippen LogP contribution in [0, 0.1) is 10.5 Å². The third-order valence-electron chi connectivity index (χ3n) is 4.98. The second-order valence-corrected chi connectivity index (χ2v) is 10.9. The standard InChI is InChI=1S/C23H30IN3O4S/c1-5-14-25-23(29)18(3)26(15-19-8-6-17(2)7-9-19)22(28)16-27(32(4,30)31)21-12-10-20(24)11-13-21/h6-13,18H,5,14-16H2,1-4H3,(H,25,29)/t18-/m1/s1. The normalized spacial score (nSPS) is 12.2. The second kappa shape index (κ2) is 11.6. The van der Waals surface area contributed by atoms with Gasteiger partial charge in [-0.3, -0.25) is 13.9 Å². The number of benzene rings is 2. The summed E-state index contributed by atoms with van der Waals surface area (Å²) in [6, 6.07) is 13.8. The summed E-state index contributed by atoms with van der Waals surface area (Å²) in [5.41, 5.74) is 2.35. The van der Waals surface area contributed by atoms with Crippen molar-refractivity contribution in [2.24, 2.45) is 0 Å². The molecule has 9 heteroatoms. The van der Waals surface area contributed by atoms with Crippen LogP contribution in [0.1, 0.15) is 31.4 Å². The van der Waals surface area contributed by atoms with E-state index in [1.54, 1.807) is 31.2 Å². The summed E-state index contributed by atoms with van der Waals surface area (Å²) in [7, 11) is -3.72. The average molecular weight is 571 g/mol. The summed E-state index contributed by atoms with van der Waals surface area (Å²) in [5, 5.41) is 2.82. The predicted molar refractivity (Wildman–Crippen MR) is 136 cm³/mol. The molecule has 0 heterocycles. The molecule has 0 saturated heterocycles. The molecule has 0 unspecified atom stereocenters. The molecule has 32 heavy (non-hydrogen) atoms. The Morgan fingerprint density at radius 3 is 2.19 bits per heavy atom. The van der Waals surface area contributed by atoms with Crippen LogP contribution in [-0.4, -0.2) is 50.5 Å². The Morgan fingerprint density at radius 2 is 1.66 bits per heavy atom. The van der Waals surface area contributed by atoms with Crippen LogP contribution in [0.25, 0.3) is 0 Å². The maximum Gasteiger partial charge on any atom is 0.244 e. The van der Waals surface area contributed by atoms with E-state index in [0.29, 0.717) is 12.2 Å². The van der Waals surface area contributed by atoms with E-state index in [1.165, 1.54) is 4.90 Å². The summed E-state index contributed by atoms with van der Waals surface area (Å²) in [6.07, 6.45) is 1.85. The lowest BCUT2D eigenvalue weighted by Gasteiger charge is -2.31. The van der Waals surface area contributed by atoms with Gasteiger partial charge in [0.15, 0.2) is 0 Å².